The fraction of sp³-hybridized carbons (Fsp3) is 0.286. The topological polar surface area (TPSA) is 129 Å². The number of aromatic amines is 1. The maximum Gasteiger partial charge on any atom is 0.272 e. The van der Waals surface area contributed by atoms with E-state index in [0.29, 0.717) is 34.6 Å². The summed E-state index contributed by atoms with van der Waals surface area (Å²) in [5.41, 5.74) is 2.78. The molecule has 0 radical (unpaired) electrons. The summed E-state index contributed by atoms with van der Waals surface area (Å²) in [6.45, 7) is 2.89. The summed E-state index contributed by atoms with van der Waals surface area (Å²) in [7, 11) is 0. The fourth-order valence-electron chi connectivity index (χ4n) is 3.80. The van der Waals surface area contributed by atoms with Gasteiger partial charge in [-0.15, -0.1) is 11.8 Å². The van der Waals surface area contributed by atoms with Gasteiger partial charge in [0.25, 0.3) is 17.7 Å². The number of nitrogens with one attached hydrogen (secondary N) is 3. The lowest BCUT2D eigenvalue weighted by Gasteiger charge is -2.19. The van der Waals surface area contributed by atoms with Gasteiger partial charge in [-0.1, -0.05) is 6.07 Å². The highest BCUT2D eigenvalue weighted by Gasteiger charge is 2.29. The molecule has 3 aromatic rings. The van der Waals surface area contributed by atoms with Crippen LogP contribution in [-0.4, -0.2) is 61.9 Å². The second-order valence-electron chi connectivity index (χ2n) is 7.47. The van der Waals surface area contributed by atoms with Crippen LogP contribution in [0.2, 0.25) is 0 Å². The highest BCUT2D eigenvalue weighted by Crippen LogP contribution is 2.29. The molecule has 164 valence electrons. The van der Waals surface area contributed by atoms with E-state index in [1.165, 1.54) is 6.33 Å². The van der Waals surface area contributed by atoms with Gasteiger partial charge in [-0.3, -0.25) is 14.4 Å². The molecule has 10 nitrogen and oxygen atoms in total. The number of amides is 3. The number of aromatic nitrogens is 3. The van der Waals surface area contributed by atoms with Crippen molar-refractivity contribution in [2.45, 2.75) is 18.8 Å². The average Bonchev–Trinajstić information content (AvgIpc) is 3.42. The molecular weight excluding hydrogens is 432 g/mol. The standard InChI is InChI=1S/C21H20N6O4S/c1-11-27(4-5-32-11)21(30)13-8-22-18-17(13)24-10-25-19(18)20(29)23-7-12-2-3-15-14(6-12)26-16(28)9-31-15/h2-3,6,8,10-11,22H,4-5,7,9H2,1H3,(H,23,29)(H,26,28). The molecule has 11 heteroatoms. The van der Waals surface area contributed by atoms with Crippen molar-refractivity contribution in [3.8, 4) is 5.75 Å². The molecule has 2 aliphatic heterocycles. The van der Waals surface area contributed by atoms with E-state index in [2.05, 4.69) is 25.6 Å². The van der Waals surface area contributed by atoms with E-state index in [1.807, 2.05) is 13.0 Å². The predicted octanol–water partition coefficient (Wildman–Crippen LogP) is 1.75. The number of rotatable bonds is 4. The van der Waals surface area contributed by atoms with Gasteiger partial charge in [-0.05, 0) is 24.6 Å². The van der Waals surface area contributed by atoms with Crippen molar-refractivity contribution in [3.05, 3.63) is 47.5 Å². The van der Waals surface area contributed by atoms with E-state index < -0.39 is 5.91 Å². The van der Waals surface area contributed by atoms with Gasteiger partial charge in [0.2, 0.25) is 0 Å². The molecule has 1 saturated heterocycles. The van der Waals surface area contributed by atoms with Crippen LogP contribution in [0.4, 0.5) is 5.69 Å². The summed E-state index contributed by atoms with van der Waals surface area (Å²) in [6, 6.07) is 5.31. The summed E-state index contributed by atoms with van der Waals surface area (Å²) in [6.07, 6.45) is 2.87. The van der Waals surface area contributed by atoms with Crippen molar-refractivity contribution < 1.29 is 19.1 Å². The van der Waals surface area contributed by atoms with Crippen LogP contribution in [0.25, 0.3) is 11.0 Å². The lowest BCUT2D eigenvalue weighted by atomic mass is 10.1. The number of anilines is 1. The zero-order valence-corrected chi connectivity index (χ0v) is 18.0. The molecule has 3 amide bonds. The molecule has 3 N–H and O–H groups in total. The average molecular weight is 452 g/mol. The number of carbonyl (C=O) groups excluding carboxylic acids is 3. The number of fused-ring (bicyclic) bond motifs is 2. The highest BCUT2D eigenvalue weighted by molar-refractivity contribution is 8.00. The third-order valence-electron chi connectivity index (χ3n) is 5.43. The second kappa shape index (κ2) is 8.15. The Morgan fingerprint density at radius 3 is 3.03 bits per heavy atom. The van der Waals surface area contributed by atoms with Gasteiger partial charge in [0.15, 0.2) is 12.3 Å². The van der Waals surface area contributed by atoms with Crippen LogP contribution in [0.5, 0.6) is 5.75 Å². The number of hydrogen-bond acceptors (Lipinski definition) is 7. The first-order valence-corrected chi connectivity index (χ1v) is 11.1. The number of thioether (sulfide) groups is 1. The van der Waals surface area contributed by atoms with E-state index in [1.54, 1.807) is 35.0 Å². The van der Waals surface area contributed by atoms with Gasteiger partial charge in [-0.2, -0.15) is 0 Å². The van der Waals surface area contributed by atoms with E-state index >= 15 is 0 Å². The molecule has 5 rings (SSSR count). The van der Waals surface area contributed by atoms with Crippen molar-refractivity contribution in [2.24, 2.45) is 0 Å². The van der Waals surface area contributed by atoms with E-state index in [9.17, 15) is 14.4 Å². The molecule has 0 saturated carbocycles. The first-order chi connectivity index (χ1) is 15.5. The zero-order chi connectivity index (χ0) is 22.2. The van der Waals surface area contributed by atoms with Crippen molar-refractivity contribution in [1.82, 2.24) is 25.2 Å². The van der Waals surface area contributed by atoms with E-state index in [-0.39, 0.29) is 36.0 Å². The summed E-state index contributed by atoms with van der Waals surface area (Å²) in [5, 5.41) is 5.67. The second-order valence-corrected chi connectivity index (χ2v) is 8.89. The summed E-state index contributed by atoms with van der Waals surface area (Å²) in [5.74, 6) is 0.752. The molecular formula is C21H20N6O4S. The number of benzene rings is 1. The molecule has 4 heterocycles. The Balaban J connectivity index is 1.34. The molecule has 32 heavy (non-hydrogen) atoms. The summed E-state index contributed by atoms with van der Waals surface area (Å²) in [4.78, 5) is 50.5. The highest BCUT2D eigenvalue weighted by atomic mass is 32.2. The van der Waals surface area contributed by atoms with Gasteiger partial charge in [0.1, 0.15) is 17.6 Å². The van der Waals surface area contributed by atoms with Crippen LogP contribution in [0.1, 0.15) is 33.3 Å². The minimum absolute atomic E-state index is 0.0110. The lowest BCUT2D eigenvalue weighted by molar-refractivity contribution is -0.118. The molecule has 2 aromatic heterocycles. The first kappa shape index (κ1) is 20.3. The van der Waals surface area contributed by atoms with Crippen LogP contribution >= 0.6 is 11.8 Å². The number of ether oxygens (including phenoxy) is 1. The molecule has 1 unspecified atom stereocenters. The van der Waals surface area contributed by atoms with Crippen molar-refractivity contribution >= 4 is 46.2 Å². The van der Waals surface area contributed by atoms with Gasteiger partial charge in [0, 0.05) is 25.0 Å². The number of nitrogens with zero attached hydrogens (tertiary/aromatic N) is 3. The number of hydrogen-bond donors (Lipinski definition) is 3. The maximum absolute atomic E-state index is 13.0. The molecule has 1 aromatic carbocycles. The quantitative estimate of drug-likeness (QED) is 0.550. The fourth-order valence-corrected chi connectivity index (χ4v) is 4.82. The van der Waals surface area contributed by atoms with Crippen LogP contribution in [0.15, 0.2) is 30.7 Å². The first-order valence-electron chi connectivity index (χ1n) is 10.1. The van der Waals surface area contributed by atoms with Gasteiger partial charge >= 0.3 is 0 Å². The minimum atomic E-state index is -0.402. The Morgan fingerprint density at radius 1 is 1.34 bits per heavy atom. The Labute approximate surface area is 187 Å². The third-order valence-corrected chi connectivity index (χ3v) is 6.58. The van der Waals surface area contributed by atoms with Crippen molar-refractivity contribution in [3.63, 3.8) is 0 Å². The zero-order valence-electron chi connectivity index (χ0n) is 17.2. The molecule has 0 spiro atoms. The lowest BCUT2D eigenvalue weighted by Crippen LogP contribution is -2.33. The van der Waals surface area contributed by atoms with Gasteiger partial charge in [-0.25, -0.2) is 9.97 Å². The Morgan fingerprint density at radius 2 is 2.22 bits per heavy atom. The van der Waals surface area contributed by atoms with Crippen molar-refractivity contribution in [1.29, 1.82) is 0 Å². The molecule has 1 atom stereocenters. The van der Waals surface area contributed by atoms with Crippen molar-refractivity contribution in [2.75, 3.05) is 24.2 Å². The smallest absolute Gasteiger partial charge is 0.272 e. The van der Waals surface area contributed by atoms with Crippen LogP contribution in [-0.2, 0) is 11.3 Å². The third kappa shape index (κ3) is 3.64. The SMILES string of the molecule is CC1SCCN1C(=O)c1c[nH]c2c(C(=O)NCc3ccc4c(c3)NC(=O)CO4)ncnc12. The van der Waals surface area contributed by atoms with Crippen LogP contribution in [0, 0.1) is 0 Å². The predicted molar refractivity (Wildman–Crippen MR) is 119 cm³/mol. The van der Waals surface area contributed by atoms with Crippen LogP contribution in [0.3, 0.4) is 0 Å². The molecule has 0 aliphatic carbocycles. The minimum Gasteiger partial charge on any atom is -0.482 e. The number of H-pyrrole nitrogens is 1. The molecule has 1 fully saturated rings. The van der Waals surface area contributed by atoms with Gasteiger partial charge < -0.3 is 25.3 Å². The Kier molecular flexibility index (Phi) is 5.17. The van der Waals surface area contributed by atoms with E-state index in [4.69, 9.17) is 4.74 Å². The Bertz CT molecular complexity index is 1240. The summed E-state index contributed by atoms with van der Waals surface area (Å²) >= 11 is 1.72. The molecule has 0 bridgehead atoms. The Hall–Kier alpha value is -3.60. The number of carbonyl (C=O) groups is 3. The van der Waals surface area contributed by atoms with Gasteiger partial charge in [0.05, 0.1) is 22.1 Å². The summed E-state index contributed by atoms with van der Waals surface area (Å²) < 4.78 is 5.35. The largest absolute Gasteiger partial charge is 0.482 e. The maximum atomic E-state index is 13.0. The molecule has 2 aliphatic rings. The normalized spacial score (nSPS) is 17.6. The van der Waals surface area contributed by atoms with Crippen LogP contribution < -0.4 is 15.4 Å². The van der Waals surface area contributed by atoms with E-state index in [0.717, 1.165) is 11.3 Å². The monoisotopic (exact) mass is 452 g/mol.